The number of benzene rings is 2. The summed E-state index contributed by atoms with van der Waals surface area (Å²) in [5, 5.41) is 30.4. The number of nitrogens with one attached hydrogen (secondary N) is 1. The lowest BCUT2D eigenvalue weighted by molar-refractivity contribution is -0.147. The van der Waals surface area contributed by atoms with E-state index < -0.39 is 12.1 Å². The smallest absolute Gasteiger partial charge is 0.308 e. The number of hydrogen-bond acceptors (Lipinski definition) is 18. The van der Waals surface area contributed by atoms with Crippen LogP contribution >= 0.6 is 0 Å². The second-order valence-corrected chi connectivity index (χ2v) is 13.3. The summed E-state index contributed by atoms with van der Waals surface area (Å²) < 4.78 is 41.6. The van der Waals surface area contributed by atoms with Crippen LogP contribution in [0.15, 0.2) is 94.5 Å². The molecule has 0 aliphatic rings. The number of aromatic nitrogens is 10. The number of carbonyl (C=O) groups excluding carboxylic acids is 1. The Labute approximate surface area is 341 Å². The normalized spacial score (nSPS) is 12.0. The molecule has 0 bridgehead atoms. The average Bonchev–Trinajstić information content (AvgIpc) is 4.09. The van der Waals surface area contributed by atoms with Crippen LogP contribution in [0.5, 0.6) is 11.5 Å². The van der Waals surface area contributed by atoms with Gasteiger partial charge in [0.1, 0.15) is 24.7 Å². The van der Waals surface area contributed by atoms with Gasteiger partial charge in [0, 0.05) is 55.4 Å². The standard InChI is InChI=1S/C40H39N11O9/c1-54-9-11-56-30-15-25(32-22-50-34(44-32)5-3-7-42-50)13-27(17-30)39-46-36(59-48-39)21-41-20-29(52)19-38(53)58-24-37-47-40(49-60-37)28-14-26(16-31(18-28)57-12-10-55-2)33-23-51-35(45-33)6-4-8-43-51/h3-8,13-18,22-23,29,41,52H,9-12,19-21,24H2,1-2H3. The molecule has 20 heteroatoms. The predicted molar refractivity (Wildman–Crippen MR) is 210 cm³/mol. The Morgan fingerprint density at radius 3 is 1.80 bits per heavy atom. The number of hydrogen-bond donors (Lipinski definition) is 2. The van der Waals surface area contributed by atoms with Gasteiger partial charge in [-0.1, -0.05) is 10.3 Å². The number of carbonyl (C=O) groups is 1. The summed E-state index contributed by atoms with van der Waals surface area (Å²) in [5.41, 5.74) is 5.47. The van der Waals surface area contributed by atoms with E-state index >= 15 is 0 Å². The number of imidazole rings is 2. The van der Waals surface area contributed by atoms with E-state index in [-0.39, 0.29) is 43.7 Å². The number of esters is 1. The van der Waals surface area contributed by atoms with Crippen molar-refractivity contribution in [1.29, 1.82) is 0 Å². The van der Waals surface area contributed by atoms with E-state index in [1.165, 1.54) is 0 Å². The van der Waals surface area contributed by atoms with Gasteiger partial charge in [-0.3, -0.25) is 4.79 Å². The molecule has 0 aliphatic heterocycles. The van der Waals surface area contributed by atoms with E-state index in [1.54, 1.807) is 54.0 Å². The van der Waals surface area contributed by atoms with E-state index in [0.717, 1.165) is 11.1 Å². The molecular formula is C40H39N11O9. The predicted octanol–water partition coefficient (Wildman–Crippen LogP) is 3.84. The van der Waals surface area contributed by atoms with Crippen molar-refractivity contribution >= 4 is 17.3 Å². The average molecular weight is 818 g/mol. The minimum absolute atomic E-state index is 0.0416. The van der Waals surface area contributed by atoms with Gasteiger partial charge in [0.2, 0.25) is 17.5 Å². The van der Waals surface area contributed by atoms with Gasteiger partial charge in [0.05, 0.1) is 56.1 Å². The maximum atomic E-state index is 12.6. The fraction of sp³-hybridized carbons (Fsp3) is 0.275. The lowest BCUT2D eigenvalue weighted by Gasteiger charge is -2.10. The molecule has 8 rings (SSSR count). The van der Waals surface area contributed by atoms with Crippen LogP contribution in [0, 0.1) is 0 Å². The summed E-state index contributed by atoms with van der Waals surface area (Å²) >= 11 is 0. The lowest BCUT2D eigenvalue weighted by atomic mass is 10.1. The summed E-state index contributed by atoms with van der Waals surface area (Å²) in [4.78, 5) is 30.9. The number of aliphatic hydroxyl groups excluding tert-OH is 1. The molecule has 0 spiro atoms. The molecule has 1 atom stereocenters. The lowest BCUT2D eigenvalue weighted by Crippen LogP contribution is -2.29. The Balaban J connectivity index is 0.845. The van der Waals surface area contributed by atoms with Gasteiger partial charge in [0.25, 0.3) is 5.89 Å². The number of nitrogens with zero attached hydrogens (tertiary/aromatic N) is 10. The molecule has 2 N–H and O–H groups in total. The molecule has 0 amide bonds. The first-order valence-electron chi connectivity index (χ1n) is 18.8. The molecule has 6 heterocycles. The highest BCUT2D eigenvalue weighted by atomic mass is 16.6. The molecule has 2 aromatic carbocycles. The minimum atomic E-state index is -1.07. The van der Waals surface area contributed by atoms with Crippen LogP contribution in [0.4, 0.5) is 0 Å². The summed E-state index contributed by atoms with van der Waals surface area (Å²) in [6, 6.07) is 18.4. The number of fused-ring (bicyclic) bond motifs is 2. The first kappa shape index (κ1) is 39.7. The molecule has 1 unspecified atom stereocenters. The summed E-state index contributed by atoms with van der Waals surface area (Å²) in [5.74, 6) is 1.37. The van der Waals surface area contributed by atoms with Gasteiger partial charge < -0.3 is 43.2 Å². The number of methoxy groups -OCH3 is 2. The van der Waals surface area contributed by atoms with Crippen molar-refractivity contribution < 1.29 is 42.6 Å². The Hall–Kier alpha value is -7.13. The van der Waals surface area contributed by atoms with E-state index in [0.29, 0.717) is 77.6 Å². The van der Waals surface area contributed by atoms with Crippen LogP contribution in [0.3, 0.4) is 0 Å². The van der Waals surface area contributed by atoms with Crippen LogP contribution < -0.4 is 14.8 Å². The van der Waals surface area contributed by atoms with Crippen molar-refractivity contribution in [1.82, 2.24) is 54.8 Å². The molecule has 20 nitrogen and oxygen atoms in total. The van der Waals surface area contributed by atoms with Crippen LogP contribution in [0.25, 0.3) is 56.6 Å². The van der Waals surface area contributed by atoms with Crippen molar-refractivity contribution in [2.45, 2.75) is 25.7 Å². The molecule has 0 saturated heterocycles. The zero-order chi connectivity index (χ0) is 41.3. The van der Waals surface area contributed by atoms with Crippen molar-refractivity contribution in [3.8, 4) is 56.8 Å². The largest absolute Gasteiger partial charge is 0.491 e. The van der Waals surface area contributed by atoms with Gasteiger partial charge in [-0.15, -0.1) is 0 Å². The highest BCUT2D eigenvalue weighted by Gasteiger charge is 2.19. The van der Waals surface area contributed by atoms with Gasteiger partial charge >= 0.3 is 5.97 Å². The maximum Gasteiger partial charge on any atom is 0.308 e. The fourth-order valence-corrected chi connectivity index (χ4v) is 6.03. The van der Waals surface area contributed by atoms with Crippen molar-refractivity contribution in [3.63, 3.8) is 0 Å². The zero-order valence-electron chi connectivity index (χ0n) is 32.5. The zero-order valence-corrected chi connectivity index (χ0v) is 32.5. The number of rotatable bonds is 20. The molecule has 0 saturated carbocycles. The fourth-order valence-electron chi connectivity index (χ4n) is 6.03. The van der Waals surface area contributed by atoms with E-state index in [2.05, 4.69) is 45.8 Å². The Kier molecular flexibility index (Phi) is 12.3. The Bertz CT molecular complexity index is 2630. The van der Waals surface area contributed by atoms with Crippen LogP contribution in [-0.4, -0.2) is 114 Å². The minimum Gasteiger partial charge on any atom is -0.491 e. The van der Waals surface area contributed by atoms with E-state index in [9.17, 15) is 9.90 Å². The van der Waals surface area contributed by atoms with Gasteiger partial charge in [-0.05, 0) is 60.7 Å². The van der Waals surface area contributed by atoms with Gasteiger partial charge in [-0.25, -0.2) is 19.0 Å². The van der Waals surface area contributed by atoms with Crippen LogP contribution in [0.1, 0.15) is 18.2 Å². The second kappa shape index (κ2) is 18.6. The summed E-state index contributed by atoms with van der Waals surface area (Å²) in [7, 11) is 3.20. The highest BCUT2D eigenvalue weighted by Crippen LogP contribution is 2.32. The first-order chi connectivity index (χ1) is 29.4. The van der Waals surface area contributed by atoms with Crippen molar-refractivity contribution in [2.75, 3.05) is 47.2 Å². The van der Waals surface area contributed by atoms with Crippen LogP contribution in [0.2, 0.25) is 0 Å². The number of ether oxygens (including phenoxy) is 5. The van der Waals surface area contributed by atoms with Gasteiger partial charge in [0.15, 0.2) is 17.9 Å². The van der Waals surface area contributed by atoms with Crippen molar-refractivity contribution in [3.05, 3.63) is 97.2 Å². The Morgan fingerprint density at radius 1 is 0.717 bits per heavy atom. The number of aliphatic hydroxyl groups is 1. The third kappa shape index (κ3) is 9.76. The third-order valence-corrected chi connectivity index (χ3v) is 8.86. The molecule has 308 valence electrons. The third-order valence-electron chi connectivity index (χ3n) is 8.86. The monoisotopic (exact) mass is 817 g/mol. The van der Waals surface area contributed by atoms with Crippen LogP contribution in [-0.2, 0) is 32.2 Å². The quantitative estimate of drug-likeness (QED) is 0.0821. The topological polar surface area (TPSA) is 234 Å². The molecule has 0 radical (unpaired) electrons. The SMILES string of the molecule is COCCOc1cc(-c2cn3ncccc3n2)cc(-c2noc(CNCC(O)CC(=O)OCc3nc(-c4cc(OCCOC)cc(-c5cn6ncccc6n5)c4)no3)n2)c1. The van der Waals surface area contributed by atoms with Gasteiger partial charge in [-0.2, -0.15) is 20.2 Å². The maximum absolute atomic E-state index is 12.6. The highest BCUT2D eigenvalue weighted by molar-refractivity contribution is 5.73. The van der Waals surface area contributed by atoms with E-state index in [4.69, 9.17) is 32.7 Å². The molecule has 6 aromatic heterocycles. The Morgan fingerprint density at radius 2 is 1.25 bits per heavy atom. The molecule has 8 aromatic rings. The molecular weight excluding hydrogens is 779 g/mol. The van der Waals surface area contributed by atoms with E-state index in [1.807, 2.05) is 54.7 Å². The molecule has 0 aliphatic carbocycles. The molecule has 0 fully saturated rings. The summed E-state index contributed by atoms with van der Waals surface area (Å²) in [6.07, 6.45) is 5.62. The van der Waals surface area contributed by atoms with Crippen molar-refractivity contribution in [2.24, 2.45) is 0 Å². The summed E-state index contributed by atoms with van der Waals surface area (Å²) in [6.45, 7) is 1.36. The first-order valence-corrected chi connectivity index (χ1v) is 18.8. The second-order valence-electron chi connectivity index (χ2n) is 13.3. The molecule has 60 heavy (non-hydrogen) atoms.